The van der Waals surface area contributed by atoms with Crippen LogP contribution in [-0.2, 0) is 6.42 Å². The van der Waals surface area contributed by atoms with Gasteiger partial charge in [-0.1, -0.05) is 0 Å². The van der Waals surface area contributed by atoms with E-state index in [1.54, 1.807) is 6.20 Å². The first-order chi connectivity index (χ1) is 13.6. The summed E-state index contributed by atoms with van der Waals surface area (Å²) in [6.07, 6.45) is -2.72. The van der Waals surface area contributed by atoms with Crippen LogP contribution in [0, 0.1) is 10.1 Å². The number of H-pyrrole nitrogens is 1. The molecule has 0 saturated carbocycles. The fraction of sp³-hybridized carbons (Fsp3) is 0.167. The predicted molar refractivity (Wildman–Crippen MR) is 97.2 cm³/mol. The number of ether oxygens (including phenoxy) is 1. The maximum absolute atomic E-state index is 12.3. The van der Waals surface area contributed by atoms with Gasteiger partial charge in [-0.25, -0.2) is 4.79 Å². The Morgan fingerprint density at radius 2 is 2.00 bits per heavy atom. The highest BCUT2D eigenvalue weighted by molar-refractivity contribution is 5.95. The molecule has 3 aromatic rings. The average Bonchev–Trinajstić information content (AvgIpc) is 3.02. The van der Waals surface area contributed by atoms with Gasteiger partial charge in [0.05, 0.1) is 10.5 Å². The number of alkyl halides is 3. The molecule has 0 aliphatic heterocycles. The number of nitro benzene ring substituents is 1. The molecule has 0 unspecified atom stereocenters. The number of benzene rings is 2. The van der Waals surface area contributed by atoms with E-state index in [4.69, 9.17) is 0 Å². The van der Waals surface area contributed by atoms with Gasteiger partial charge in [-0.3, -0.25) is 10.1 Å². The average molecular weight is 409 g/mol. The minimum absolute atomic E-state index is 0.226. The molecule has 1 heterocycles. The Bertz CT molecular complexity index is 1080. The molecule has 0 amide bonds. The Kier molecular flexibility index (Phi) is 5.31. The van der Waals surface area contributed by atoms with E-state index in [-0.39, 0.29) is 22.7 Å². The number of hydrogen-bond donors (Lipinski definition) is 3. The summed E-state index contributed by atoms with van der Waals surface area (Å²) in [5.74, 6) is -1.64. The smallest absolute Gasteiger partial charge is 0.478 e. The highest BCUT2D eigenvalue weighted by Gasteiger charge is 2.31. The van der Waals surface area contributed by atoms with Crippen LogP contribution in [-0.4, -0.2) is 33.9 Å². The molecule has 2 aromatic carbocycles. The Morgan fingerprint density at radius 1 is 1.24 bits per heavy atom. The Balaban J connectivity index is 1.72. The van der Waals surface area contributed by atoms with Crippen molar-refractivity contribution in [3.63, 3.8) is 0 Å². The van der Waals surface area contributed by atoms with Crippen LogP contribution in [0.5, 0.6) is 5.75 Å². The molecule has 0 spiro atoms. The molecule has 3 N–H and O–H groups in total. The fourth-order valence-corrected chi connectivity index (χ4v) is 2.88. The molecule has 0 aliphatic carbocycles. The normalized spacial score (nSPS) is 11.4. The van der Waals surface area contributed by atoms with E-state index in [0.29, 0.717) is 23.9 Å². The van der Waals surface area contributed by atoms with Gasteiger partial charge < -0.3 is 20.1 Å². The molecule has 11 heteroatoms. The zero-order valence-electron chi connectivity index (χ0n) is 14.6. The van der Waals surface area contributed by atoms with E-state index < -0.39 is 17.3 Å². The van der Waals surface area contributed by atoms with E-state index in [2.05, 4.69) is 15.0 Å². The summed E-state index contributed by atoms with van der Waals surface area (Å²) < 4.78 is 40.8. The first-order valence-electron chi connectivity index (χ1n) is 8.25. The summed E-state index contributed by atoms with van der Waals surface area (Å²) in [6.45, 7) is 0.297. The molecule has 0 saturated heterocycles. The Morgan fingerprint density at radius 3 is 2.66 bits per heavy atom. The number of halogens is 3. The topological polar surface area (TPSA) is 117 Å². The number of carbonyl (C=O) groups is 1. The molecule has 0 bridgehead atoms. The van der Waals surface area contributed by atoms with Crippen LogP contribution in [0.4, 0.5) is 24.5 Å². The zero-order valence-corrected chi connectivity index (χ0v) is 14.6. The number of carboxylic acids is 1. The molecular weight excluding hydrogens is 395 g/mol. The second kappa shape index (κ2) is 7.70. The monoisotopic (exact) mass is 409 g/mol. The molecule has 152 valence electrons. The van der Waals surface area contributed by atoms with Crippen LogP contribution in [0.15, 0.2) is 42.6 Å². The first-order valence-corrected chi connectivity index (χ1v) is 8.25. The molecule has 1 aromatic heterocycles. The van der Waals surface area contributed by atoms with Gasteiger partial charge in [0.2, 0.25) is 0 Å². The van der Waals surface area contributed by atoms with Gasteiger partial charge in [0.15, 0.2) is 0 Å². The minimum Gasteiger partial charge on any atom is -0.478 e. The van der Waals surface area contributed by atoms with Crippen molar-refractivity contribution in [1.29, 1.82) is 0 Å². The lowest BCUT2D eigenvalue weighted by molar-refractivity contribution is -0.384. The summed E-state index contributed by atoms with van der Waals surface area (Å²) in [4.78, 5) is 24.3. The molecule has 8 nitrogen and oxygen atoms in total. The standard InChI is InChI=1S/C18H14F3N3O5/c19-18(20,21)29-12-2-3-13-10(9-23-16(13)8-12)5-6-22-15-4-1-11(24(27)28)7-14(15)17(25)26/h1-4,7-9,22-23H,5-6H2,(H,25,26). The molecule has 0 atom stereocenters. The van der Waals surface area contributed by atoms with Crippen LogP contribution in [0.25, 0.3) is 10.9 Å². The van der Waals surface area contributed by atoms with Crippen LogP contribution in [0.3, 0.4) is 0 Å². The van der Waals surface area contributed by atoms with Gasteiger partial charge in [0, 0.05) is 47.5 Å². The number of nitro groups is 1. The van der Waals surface area contributed by atoms with Crippen molar-refractivity contribution in [1.82, 2.24) is 4.98 Å². The van der Waals surface area contributed by atoms with Crippen molar-refractivity contribution in [2.24, 2.45) is 0 Å². The summed E-state index contributed by atoms with van der Waals surface area (Å²) in [6, 6.07) is 7.42. The lowest BCUT2D eigenvalue weighted by Gasteiger charge is -2.10. The quantitative estimate of drug-likeness (QED) is 0.395. The number of aromatic amines is 1. The van der Waals surface area contributed by atoms with E-state index in [0.717, 1.165) is 11.6 Å². The Hall–Kier alpha value is -3.76. The van der Waals surface area contributed by atoms with E-state index in [1.807, 2.05) is 0 Å². The summed E-state index contributed by atoms with van der Waals surface area (Å²) in [7, 11) is 0. The summed E-state index contributed by atoms with van der Waals surface area (Å²) in [5.41, 5.74) is 0.922. The van der Waals surface area contributed by atoms with E-state index in [1.165, 1.54) is 30.3 Å². The van der Waals surface area contributed by atoms with Gasteiger partial charge in [-0.2, -0.15) is 0 Å². The third-order valence-electron chi connectivity index (χ3n) is 4.13. The highest BCUT2D eigenvalue weighted by atomic mass is 19.4. The largest absolute Gasteiger partial charge is 0.573 e. The van der Waals surface area contributed by atoms with Gasteiger partial charge >= 0.3 is 12.3 Å². The number of aromatic carboxylic acids is 1. The third-order valence-corrected chi connectivity index (χ3v) is 4.13. The second-order valence-corrected chi connectivity index (χ2v) is 6.04. The highest BCUT2D eigenvalue weighted by Crippen LogP contribution is 2.28. The summed E-state index contributed by atoms with van der Waals surface area (Å²) in [5, 5.41) is 23.7. The molecule has 3 rings (SSSR count). The SMILES string of the molecule is O=C(O)c1cc([N+](=O)[O-])ccc1NCCc1c[nH]c2cc(OC(F)(F)F)ccc12. The number of hydrogen-bond acceptors (Lipinski definition) is 5. The van der Waals surface area contributed by atoms with Crippen molar-refractivity contribution in [3.8, 4) is 5.75 Å². The molecule has 0 radical (unpaired) electrons. The number of anilines is 1. The van der Waals surface area contributed by atoms with Gasteiger partial charge in [0.1, 0.15) is 5.75 Å². The van der Waals surface area contributed by atoms with Gasteiger partial charge in [-0.05, 0) is 30.2 Å². The zero-order chi connectivity index (χ0) is 21.2. The van der Waals surface area contributed by atoms with Crippen LogP contribution in [0.1, 0.15) is 15.9 Å². The molecule has 0 aliphatic rings. The fourth-order valence-electron chi connectivity index (χ4n) is 2.88. The van der Waals surface area contributed by atoms with Crippen molar-refractivity contribution in [3.05, 3.63) is 63.8 Å². The van der Waals surface area contributed by atoms with Crippen molar-refractivity contribution >= 4 is 28.2 Å². The number of nitrogens with one attached hydrogen (secondary N) is 2. The number of carboxylic acid groups (broad SMARTS) is 1. The van der Waals surface area contributed by atoms with Crippen molar-refractivity contribution in [2.75, 3.05) is 11.9 Å². The van der Waals surface area contributed by atoms with E-state index in [9.17, 15) is 33.2 Å². The number of fused-ring (bicyclic) bond motifs is 1. The number of nitrogens with zero attached hydrogens (tertiary/aromatic N) is 1. The third kappa shape index (κ3) is 4.75. The first kappa shape index (κ1) is 20.0. The summed E-state index contributed by atoms with van der Waals surface area (Å²) >= 11 is 0. The second-order valence-electron chi connectivity index (χ2n) is 6.04. The van der Waals surface area contributed by atoms with Crippen molar-refractivity contribution < 1.29 is 32.7 Å². The molecule has 0 fully saturated rings. The molecular formula is C18H14F3N3O5. The van der Waals surface area contributed by atoms with Crippen LogP contribution in [0.2, 0.25) is 0 Å². The van der Waals surface area contributed by atoms with Crippen LogP contribution < -0.4 is 10.1 Å². The number of rotatable bonds is 7. The van der Waals surface area contributed by atoms with Crippen molar-refractivity contribution in [2.45, 2.75) is 12.8 Å². The van der Waals surface area contributed by atoms with Gasteiger partial charge in [0.25, 0.3) is 5.69 Å². The maximum atomic E-state index is 12.3. The number of aromatic nitrogens is 1. The van der Waals surface area contributed by atoms with Crippen LogP contribution >= 0.6 is 0 Å². The maximum Gasteiger partial charge on any atom is 0.573 e. The van der Waals surface area contributed by atoms with Gasteiger partial charge in [-0.15, -0.1) is 13.2 Å². The lowest BCUT2D eigenvalue weighted by Crippen LogP contribution is -2.16. The van der Waals surface area contributed by atoms with E-state index >= 15 is 0 Å². The molecule has 29 heavy (non-hydrogen) atoms. The minimum atomic E-state index is -4.78. The lowest BCUT2D eigenvalue weighted by atomic mass is 10.1. The number of non-ortho nitro benzene ring substituents is 1. The predicted octanol–water partition coefficient (Wildman–Crippen LogP) is 4.33. The Labute approximate surface area is 161 Å².